The Balaban J connectivity index is 2.27. The van der Waals surface area contributed by atoms with Crippen LogP contribution in [0.2, 0.25) is 0 Å². The first-order valence-corrected chi connectivity index (χ1v) is 7.44. The molecule has 0 aliphatic rings. The van der Waals surface area contributed by atoms with Crippen LogP contribution in [0.3, 0.4) is 0 Å². The molecule has 0 saturated carbocycles. The summed E-state index contributed by atoms with van der Waals surface area (Å²) in [5.74, 6) is 1.60. The van der Waals surface area contributed by atoms with E-state index in [1.807, 2.05) is 11.8 Å². The number of aromatic nitrogens is 2. The Morgan fingerprint density at radius 1 is 1.44 bits per heavy atom. The molecule has 0 bridgehead atoms. The topological polar surface area (TPSA) is 73.0 Å². The number of aryl methyl sites for hydroxylation is 1. The minimum Gasteiger partial charge on any atom is -0.364 e. The predicted molar refractivity (Wildman–Crippen MR) is 75.2 cm³/mol. The molecule has 102 valence electrons. The average Bonchev–Trinajstić information content (AvgIpc) is 2.70. The molecule has 1 aromatic rings. The Morgan fingerprint density at radius 3 is 2.83 bits per heavy atom. The fraction of sp³-hybridized carbons (Fsp3) is 0.727. The summed E-state index contributed by atoms with van der Waals surface area (Å²) in [5.41, 5.74) is 0. The molecule has 1 heterocycles. The average molecular weight is 272 g/mol. The normalized spacial score (nSPS) is 10.6. The SMILES string of the molecule is CSCCCCCCNc1c([N+](=O)[O-])ncn1C. The largest absolute Gasteiger partial charge is 0.406 e. The molecule has 1 rings (SSSR count). The minimum atomic E-state index is -0.458. The maximum absolute atomic E-state index is 10.7. The standard InChI is InChI=1S/C11H20N4O2S/c1-14-9-13-11(15(16)17)10(14)12-7-5-3-4-6-8-18-2/h9,12H,3-8H2,1-2H3. The molecule has 0 fully saturated rings. The second-order valence-electron chi connectivity index (χ2n) is 4.12. The Bertz CT molecular complexity index is 381. The van der Waals surface area contributed by atoms with Gasteiger partial charge in [0.25, 0.3) is 0 Å². The molecular formula is C11H20N4O2S. The summed E-state index contributed by atoms with van der Waals surface area (Å²) >= 11 is 1.87. The van der Waals surface area contributed by atoms with Crippen molar-refractivity contribution in [3.8, 4) is 0 Å². The summed E-state index contributed by atoms with van der Waals surface area (Å²) in [4.78, 5) is 14.0. The van der Waals surface area contributed by atoms with Gasteiger partial charge in [0, 0.05) is 13.6 Å². The van der Waals surface area contributed by atoms with Crippen molar-refractivity contribution < 1.29 is 4.92 Å². The number of nitro groups is 1. The van der Waals surface area contributed by atoms with E-state index in [1.54, 1.807) is 11.6 Å². The van der Waals surface area contributed by atoms with Crippen molar-refractivity contribution in [3.63, 3.8) is 0 Å². The molecule has 0 aromatic carbocycles. The van der Waals surface area contributed by atoms with Crippen LogP contribution in [0.15, 0.2) is 6.33 Å². The van der Waals surface area contributed by atoms with E-state index in [0.717, 1.165) is 19.4 Å². The molecular weight excluding hydrogens is 252 g/mol. The Kier molecular flexibility index (Phi) is 6.56. The molecule has 1 aromatic heterocycles. The summed E-state index contributed by atoms with van der Waals surface area (Å²) in [6.07, 6.45) is 8.21. The van der Waals surface area contributed by atoms with Crippen LogP contribution in [0.4, 0.5) is 11.6 Å². The van der Waals surface area contributed by atoms with Gasteiger partial charge in [0.05, 0.1) is 0 Å². The number of nitrogens with one attached hydrogen (secondary N) is 1. The smallest absolute Gasteiger partial charge is 0.364 e. The molecule has 0 spiro atoms. The van der Waals surface area contributed by atoms with E-state index < -0.39 is 4.92 Å². The fourth-order valence-electron chi connectivity index (χ4n) is 1.69. The first kappa shape index (κ1) is 14.8. The number of rotatable bonds is 9. The van der Waals surface area contributed by atoms with Crippen LogP contribution in [0.25, 0.3) is 0 Å². The zero-order valence-electron chi connectivity index (χ0n) is 10.9. The molecule has 0 saturated heterocycles. The molecule has 0 atom stereocenters. The number of hydrogen-bond donors (Lipinski definition) is 1. The van der Waals surface area contributed by atoms with Crippen LogP contribution >= 0.6 is 11.8 Å². The molecule has 7 heteroatoms. The maximum atomic E-state index is 10.7. The second-order valence-corrected chi connectivity index (χ2v) is 5.10. The number of thioether (sulfide) groups is 1. The second kappa shape index (κ2) is 7.97. The van der Waals surface area contributed by atoms with Gasteiger partial charge in [-0.05, 0) is 34.8 Å². The van der Waals surface area contributed by atoms with Crippen LogP contribution in [0, 0.1) is 10.1 Å². The summed E-state index contributed by atoms with van der Waals surface area (Å²) in [5, 5.41) is 13.8. The van der Waals surface area contributed by atoms with Crippen molar-refractivity contribution in [2.24, 2.45) is 7.05 Å². The van der Waals surface area contributed by atoms with Crippen LogP contribution in [-0.2, 0) is 7.05 Å². The zero-order valence-corrected chi connectivity index (χ0v) is 11.7. The third kappa shape index (κ3) is 4.56. The first-order valence-electron chi connectivity index (χ1n) is 6.05. The molecule has 0 aliphatic heterocycles. The van der Waals surface area contributed by atoms with Gasteiger partial charge in [0.15, 0.2) is 0 Å². The number of imidazole rings is 1. The first-order chi connectivity index (χ1) is 8.66. The van der Waals surface area contributed by atoms with E-state index in [0.29, 0.717) is 5.82 Å². The molecule has 0 amide bonds. The van der Waals surface area contributed by atoms with Crippen molar-refractivity contribution >= 4 is 23.4 Å². The lowest BCUT2D eigenvalue weighted by molar-refractivity contribution is -0.388. The van der Waals surface area contributed by atoms with Gasteiger partial charge in [-0.15, -0.1) is 0 Å². The highest BCUT2D eigenvalue weighted by atomic mass is 32.2. The van der Waals surface area contributed by atoms with Gasteiger partial charge >= 0.3 is 5.82 Å². The van der Waals surface area contributed by atoms with Gasteiger partial charge in [-0.25, -0.2) is 0 Å². The summed E-state index contributed by atoms with van der Waals surface area (Å²) in [6.45, 7) is 0.750. The number of anilines is 1. The molecule has 18 heavy (non-hydrogen) atoms. The van der Waals surface area contributed by atoms with Crippen molar-refractivity contribution in [2.75, 3.05) is 23.9 Å². The number of nitrogens with zero attached hydrogens (tertiary/aromatic N) is 3. The Hall–Kier alpha value is -1.24. The van der Waals surface area contributed by atoms with Gasteiger partial charge in [0.1, 0.15) is 0 Å². The van der Waals surface area contributed by atoms with E-state index >= 15 is 0 Å². The predicted octanol–water partition coefficient (Wildman–Crippen LogP) is 2.66. The third-order valence-electron chi connectivity index (χ3n) is 2.66. The van der Waals surface area contributed by atoms with Crippen molar-refractivity contribution in [1.82, 2.24) is 9.55 Å². The molecule has 0 radical (unpaired) electrons. The van der Waals surface area contributed by atoms with E-state index in [9.17, 15) is 10.1 Å². The summed E-state index contributed by atoms with van der Waals surface area (Å²) in [7, 11) is 1.75. The van der Waals surface area contributed by atoms with Crippen molar-refractivity contribution in [2.45, 2.75) is 25.7 Å². The Morgan fingerprint density at radius 2 is 2.17 bits per heavy atom. The summed E-state index contributed by atoms with van der Waals surface area (Å²) < 4.78 is 1.64. The Labute approximate surface area is 111 Å². The van der Waals surface area contributed by atoms with E-state index in [-0.39, 0.29) is 5.82 Å². The van der Waals surface area contributed by atoms with E-state index in [2.05, 4.69) is 16.6 Å². The third-order valence-corrected chi connectivity index (χ3v) is 3.36. The molecule has 1 N–H and O–H groups in total. The lowest BCUT2D eigenvalue weighted by Gasteiger charge is -2.06. The highest BCUT2D eigenvalue weighted by molar-refractivity contribution is 7.98. The van der Waals surface area contributed by atoms with Crippen molar-refractivity contribution in [3.05, 3.63) is 16.4 Å². The van der Waals surface area contributed by atoms with E-state index in [4.69, 9.17) is 0 Å². The van der Waals surface area contributed by atoms with Crippen molar-refractivity contribution in [1.29, 1.82) is 0 Å². The highest BCUT2D eigenvalue weighted by Crippen LogP contribution is 2.20. The fourth-order valence-corrected chi connectivity index (χ4v) is 2.18. The lowest BCUT2D eigenvalue weighted by atomic mass is 10.2. The zero-order chi connectivity index (χ0) is 13.4. The lowest BCUT2D eigenvalue weighted by Crippen LogP contribution is -2.07. The summed E-state index contributed by atoms with van der Waals surface area (Å²) in [6, 6.07) is 0. The van der Waals surface area contributed by atoms with Gasteiger partial charge < -0.3 is 15.4 Å². The highest BCUT2D eigenvalue weighted by Gasteiger charge is 2.18. The maximum Gasteiger partial charge on any atom is 0.406 e. The van der Waals surface area contributed by atoms with Gasteiger partial charge in [-0.2, -0.15) is 11.8 Å². The quantitative estimate of drug-likeness (QED) is 0.425. The molecule has 0 aliphatic carbocycles. The number of hydrogen-bond acceptors (Lipinski definition) is 5. The van der Waals surface area contributed by atoms with Gasteiger partial charge in [-0.1, -0.05) is 12.8 Å². The van der Waals surface area contributed by atoms with Crippen LogP contribution in [0.5, 0.6) is 0 Å². The van der Waals surface area contributed by atoms with E-state index in [1.165, 1.54) is 24.9 Å². The minimum absolute atomic E-state index is 0.0973. The van der Waals surface area contributed by atoms with Crippen LogP contribution < -0.4 is 5.32 Å². The molecule has 0 unspecified atom stereocenters. The van der Waals surface area contributed by atoms with Gasteiger partial charge in [0.2, 0.25) is 12.1 Å². The van der Waals surface area contributed by atoms with Gasteiger partial charge in [-0.3, -0.25) is 4.57 Å². The van der Waals surface area contributed by atoms with Crippen LogP contribution in [0.1, 0.15) is 25.7 Å². The van der Waals surface area contributed by atoms with Crippen LogP contribution in [-0.4, -0.2) is 33.0 Å². The number of unbranched alkanes of at least 4 members (excludes halogenated alkanes) is 3. The monoisotopic (exact) mass is 272 g/mol. The molecule has 6 nitrogen and oxygen atoms in total.